The molecule has 0 aliphatic carbocycles. The SMILES string of the molecule is CCc1ccccc1NC(=O)c1ccc(NN)nn1. The molecule has 1 aromatic heterocycles. The number of aryl methyl sites for hydroxylation is 1. The number of anilines is 2. The number of carbonyl (C=O) groups is 1. The number of nitrogens with zero attached hydrogens (tertiary/aromatic N) is 2. The van der Waals surface area contributed by atoms with Crippen LogP contribution >= 0.6 is 0 Å². The monoisotopic (exact) mass is 257 g/mol. The zero-order chi connectivity index (χ0) is 13.7. The number of rotatable bonds is 4. The van der Waals surface area contributed by atoms with E-state index in [-0.39, 0.29) is 11.6 Å². The number of aromatic nitrogens is 2. The molecule has 0 fully saturated rings. The minimum Gasteiger partial charge on any atom is -0.320 e. The first kappa shape index (κ1) is 13.0. The van der Waals surface area contributed by atoms with E-state index in [1.54, 1.807) is 12.1 Å². The number of para-hydroxylation sites is 1. The van der Waals surface area contributed by atoms with E-state index in [1.807, 2.05) is 31.2 Å². The molecule has 0 unspecified atom stereocenters. The maximum Gasteiger partial charge on any atom is 0.276 e. The third-order valence-electron chi connectivity index (χ3n) is 2.69. The molecule has 19 heavy (non-hydrogen) atoms. The molecule has 0 bridgehead atoms. The topological polar surface area (TPSA) is 92.9 Å². The summed E-state index contributed by atoms with van der Waals surface area (Å²) in [5, 5.41) is 10.4. The normalized spacial score (nSPS) is 10.0. The Kier molecular flexibility index (Phi) is 4.04. The van der Waals surface area contributed by atoms with E-state index in [1.165, 1.54) is 0 Å². The second kappa shape index (κ2) is 5.92. The van der Waals surface area contributed by atoms with E-state index in [2.05, 4.69) is 20.9 Å². The Labute approximate surface area is 111 Å². The fourth-order valence-corrected chi connectivity index (χ4v) is 1.67. The summed E-state index contributed by atoms with van der Waals surface area (Å²) in [6.07, 6.45) is 0.845. The zero-order valence-corrected chi connectivity index (χ0v) is 10.6. The predicted molar refractivity (Wildman–Crippen MR) is 73.6 cm³/mol. The van der Waals surface area contributed by atoms with Gasteiger partial charge in [0.1, 0.15) is 0 Å². The van der Waals surface area contributed by atoms with Crippen molar-refractivity contribution in [3.63, 3.8) is 0 Å². The maximum atomic E-state index is 12.0. The average Bonchev–Trinajstić information content (AvgIpc) is 2.48. The third-order valence-corrected chi connectivity index (χ3v) is 2.69. The van der Waals surface area contributed by atoms with Gasteiger partial charge in [-0.3, -0.25) is 4.79 Å². The quantitative estimate of drug-likeness (QED) is 0.571. The first-order valence-corrected chi connectivity index (χ1v) is 5.94. The van der Waals surface area contributed by atoms with Gasteiger partial charge in [0.25, 0.3) is 5.91 Å². The Morgan fingerprint density at radius 1 is 1.21 bits per heavy atom. The van der Waals surface area contributed by atoms with Crippen LogP contribution in [0, 0.1) is 0 Å². The Morgan fingerprint density at radius 3 is 2.63 bits per heavy atom. The van der Waals surface area contributed by atoms with Gasteiger partial charge in [-0.15, -0.1) is 10.2 Å². The van der Waals surface area contributed by atoms with Crippen LogP contribution in [0.4, 0.5) is 11.5 Å². The second-order valence-electron chi connectivity index (χ2n) is 3.91. The second-order valence-corrected chi connectivity index (χ2v) is 3.91. The summed E-state index contributed by atoms with van der Waals surface area (Å²) in [5.41, 5.74) is 4.46. The summed E-state index contributed by atoms with van der Waals surface area (Å²) < 4.78 is 0. The van der Waals surface area contributed by atoms with Gasteiger partial charge in [-0.05, 0) is 30.2 Å². The van der Waals surface area contributed by atoms with Crippen molar-refractivity contribution in [2.45, 2.75) is 13.3 Å². The molecule has 0 aliphatic heterocycles. The van der Waals surface area contributed by atoms with Crippen LogP contribution in [0.3, 0.4) is 0 Å². The molecule has 4 N–H and O–H groups in total. The lowest BCUT2D eigenvalue weighted by Gasteiger charge is -2.09. The summed E-state index contributed by atoms with van der Waals surface area (Å²) >= 11 is 0. The number of hydrazine groups is 1. The van der Waals surface area contributed by atoms with Gasteiger partial charge in [-0.2, -0.15) is 0 Å². The van der Waals surface area contributed by atoms with E-state index in [4.69, 9.17) is 5.84 Å². The summed E-state index contributed by atoms with van der Waals surface area (Å²) in [7, 11) is 0. The van der Waals surface area contributed by atoms with Crippen molar-refractivity contribution in [2.24, 2.45) is 5.84 Å². The number of amides is 1. The summed E-state index contributed by atoms with van der Waals surface area (Å²) in [4.78, 5) is 12.0. The highest BCUT2D eigenvalue weighted by Crippen LogP contribution is 2.16. The molecule has 6 heteroatoms. The van der Waals surface area contributed by atoms with Crippen molar-refractivity contribution in [1.29, 1.82) is 0 Å². The van der Waals surface area contributed by atoms with E-state index in [0.29, 0.717) is 5.82 Å². The van der Waals surface area contributed by atoms with Gasteiger partial charge >= 0.3 is 0 Å². The first-order valence-electron chi connectivity index (χ1n) is 5.94. The van der Waals surface area contributed by atoms with Crippen LogP contribution in [0.15, 0.2) is 36.4 Å². The van der Waals surface area contributed by atoms with Crippen molar-refractivity contribution < 1.29 is 4.79 Å². The fourth-order valence-electron chi connectivity index (χ4n) is 1.67. The van der Waals surface area contributed by atoms with E-state index in [9.17, 15) is 4.79 Å². The van der Waals surface area contributed by atoms with E-state index < -0.39 is 0 Å². The molecular weight excluding hydrogens is 242 g/mol. The third kappa shape index (κ3) is 3.05. The van der Waals surface area contributed by atoms with Gasteiger partial charge in [-0.1, -0.05) is 25.1 Å². The maximum absolute atomic E-state index is 12.0. The van der Waals surface area contributed by atoms with Crippen LogP contribution in [0.1, 0.15) is 23.0 Å². The lowest BCUT2D eigenvalue weighted by Crippen LogP contribution is -2.16. The lowest BCUT2D eigenvalue weighted by atomic mass is 10.1. The first-order chi connectivity index (χ1) is 9.24. The number of hydrogen-bond acceptors (Lipinski definition) is 5. The molecule has 0 saturated heterocycles. The molecule has 2 aromatic rings. The number of benzene rings is 1. The van der Waals surface area contributed by atoms with Crippen molar-refractivity contribution >= 4 is 17.4 Å². The lowest BCUT2D eigenvalue weighted by molar-refractivity contribution is 0.102. The molecule has 0 atom stereocenters. The standard InChI is InChI=1S/C13H15N5O/c1-2-9-5-3-4-6-10(9)15-13(19)11-7-8-12(16-14)18-17-11/h3-8H,2,14H2,1H3,(H,15,19)(H,16,18). The summed E-state index contributed by atoms with van der Waals surface area (Å²) in [6, 6.07) is 10.8. The van der Waals surface area contributed by atoms with Gasteiger partial charge in [0, 0.05) is 5.69 Å². The smallest absolute Gasteiger partial charge is 0.276 e. The number of carbonyl (C=O) groups excluding carboxylic acids is 1. The predicted octanol–water partition coefficient (Wildman–Crippen LogP) is 1.58. The molecule has 1 heterocycles. The van der Waals surface area contributed by atoms with Crippen molar-refractivity contribution in [3.05, 3.63) is 47.7 Å². The van der Waals surface area contributed by atoms with Crippen LogP contribution < -0.4 is 16.6 Å². The highest BCUT2D eigenvalue weighted by molar-refractivity contribution is 6.03. The number of nitrogens with one attached hydrogen (secondary N) is 2. The molecule has 0 radical (unpaired) electrons. The van der Waals surface area contributed by atoms with Crippen molar-refractivity contribution in [3.8, 4) is 0 Å². The van der Waals surface area contributed by atoms with Crippen LogP contribution in [-0.4, -0.2) is 16.1 Å². The largest absolute Gasteiger partial charge is 0.320 e. The minimum atomic E-state index is -0.294. The Morgan fingerprint density at radius 2 is 2.00 bits per heavy atom. The molecule has 6 nitrogen and oxygen atoms in total. The van der Waals surface area contributed by atoms with Gasteiger partial charge in [0.05, 0.1) is 0 Å². The van der Waals surface area contributed by atoms with Gasteiger partial charge in [-0.25, -0.2) is 5.84 Å². The number of nitrogen functional groups attached to an aromatic ring is 1. The molecule has 1 amide bonds. The minimum absolute atomic E-state index is 0.241. The number of hydrogen-bond donors (Lipinski definition) is 3. The molecule has 0 spiro atoms. The molecule has 98 valence electrons. The van der Waals surface area contributed by atoms with Gasteiger partial charge in [0.15, 0.2) is 11.5 Å². The van der Waals surface area contributed by atoms with E-state index in [0.717, 1.165) is 17.7 Å². The summed E-state index contributed by atoms with van der Waals surface area (Å²) in [6.45, 7) is 2.03. The van der Waals surface area contributed by atoms with Crippen molar-refractivity contribution in [2.75, 3.05) is 10.7 Å². The molecule has 0 aliphatic rings. The highest BCUT2D eigenvalue weighted by Gasteiger charge is 2.10. The van der Waals surface area contributed by atoms with Gasteiger partial charge in [0.2, 0.25) is 0 Å². The number of nitrogens with two attached hydrogens (primary N) is 1. The van der Waals surface area contributed by atoms with E-state index >= 15 is 0 Å². The van der Waals surface area contributed by atoms with Crippen LogP contribution in [0.25, 0.3) is 0 Å². The van der Waals surface area contributed by atoms with Crippen LogP contribution in [0.2, 0.25) is 0 Å². The molecular formula is C13H15N5O. The van der Waals surface area contributed by atoms with Crippen molar-refractivity contribution in [1.82, 2.24) is 10.2 Å². The average molecular weight is 257 g/mol. The van der Waals surface area contributed by atoms with Crippen LogP contribution in [0.5, 0.6) is 0 Å². The molecule has 2 rings (SSSR count). The molecule has 1 aromatic carbocycles. The summed E-state index contributed by atoms with van der Waals surface area (Å²) in [5.74, 6) is 5.30. The Bertz CT molecular complexity index is 568. The fraction of sp³-hybridized carbons (Fsp3) is 0.154. The van der Waals surface area contributed by atoms with Gasteiger partial charge < -0.3 is 10.7 Å². The Hall–Kier alpha value is -2.47. The Balaban J connectivity index is 2.16. The highest BCUT2D eigenvalue weighted by atomic mass is 16.1. The zero-order valence-electron chi connectivity index (χ0n) is 10.6. The van der Waals surface area contributed by atoms with Crippen LogP contribution in [-0.2, 0) is 6.42 Å². The molecule has 0 saturated carbocycles.